The molecule has 1 aromatic carbocycles. The van der Waals surface area contributed by atoms with Crippen LogP contribution in [0.4, 0.5) is 0 Å². The van der Waals surface area contributed by atoms with E-state index >= 15 is 0 Å². The molecule has 1 rings (SSSR count). The fraction of sp³-hybridized carbons (Fsp3) is 0.462. The number of carbonyl (C=O) groups is 1. The molecule has 3 N–H and O–H groups in total. The highest BCUT2D eigenvalue weighted by atomic mass is 35.5. The fourth-order valence-electron chi connectivity index (χ4n) is 1.86. The summed E-state index contributed by atoms with van der Waals surface area (Å²) in [5, 5.41) is 9.21. The normalized spacial score (nSPS) is 14.0. The van der Waals surface area contributed by atoms with Crippen LogP contribution in [0, 0.1) is 5.92 Å². The first kappa shape index (κ1) is 14.8. The molecule has 100 valence electrons. The quantitative estimate of drug-likeness (QED) is 0.834. The van der Waals surface area contributed by atoms with E-state index in [1.165, 1.54) is 0 Å². The van der Waals surface area contributed by atoms with Crippen LogP contribution in [0.25, 0.3) is 0 Å². The van der Waals surface area contributed by atoms with Crippen molar-refractivity contribution in [3.05, 3.63) is 28.8 Å². The van der Waals surface area contributed by atoms with Crippen molar-refractivity contribution in [3.8, 4) is 5.75 Å². The number of carboxylic acids is 1. The molecule has 0 bridgehead atoms. The van der Waals surface area contributed by atoms with Gasteiger partial charge in [-0.1, -0.05) is 24.6 Å². The molecule has 0 amide bonds. The minimum absolute atomic E-state index is 0.0263. The van der Waals surface area contributed by atoms with Crippen molar-refractivity contribution < 1.29 is 14.6 Å². The maximum absolute atomic E-state index is 10.6. The molecular formula is C13H18ClNO3. The molecule has 0 aromatic heterocycles. The average Bonchev–Trinajstić information content (AvgIpc) is 2.27. The van der Waals surface area contributed by atoms with Gasteiger partial charge in [0.05, 0.1) is 12.1 Å². The molecule has 2 unspecified atom stereocenters. The van der Waals surface area contributed by atoms with Crippen molar-refractivity contribution in [2.24, 2.45) is 11.7 Å². The second-order valence-electron chi connectivity index (χ2n) is 4.44. The number of methoxy groups -OCH3 is 1. The van der Waals surface area contributed by atoms with Gasteiger partial charge in [0.1, 0.15) is 5.75 Å². The molecule has 18 heavy (non-hydrogen) atoms. The van der Waals surface area contributed by atoms with Crippen LogP contribution in [0.3, 0.4) is 0 Å². The molecule has 0 spiro atoms. The van der Waals surface area contributed by atoms with E-state index in [2.05, 4.69) is 0 Å². The molecule has 0 saturated carbocycles. The Kier molecular flexibility index (Phi) is 5.44. The lowest BCUT2D eigenvalue weighted by Crippen LogP contribution is -2.16. The van der Waals surface area contributed by atoms with Gasteiger partial charge in [-0.2, -0.15) is 0 Å². The van der Waals surface area contributed by atoms with Gasteiger partial charge in [-0.25, -0.2) is 0 Å². The monoisotopic (exact) mass is 271 g/mol. The predicted octanol–water partition coefficient (Wildman–Crippen LogP) is 2.85. The largest absolute Gasteiger partial charge is 0.495 e. The summed E-state index contributed by atoms with van der Waals surface area (Å²) in [5.74, 6) is -0.174. The molecule has 0 saturated heterocycles. The number of hydrogen-bond acceptors (Lipinski definition) is 3. The van der Waals surface area contributed by atoms with Crippen LogP contribution in [-0.2, 0) is 4.79 Å². The summed E-state index contributed by atoms with van der Waals surface area (Å²) in [6.07, 6.45) is 0.729. The number of halogens is 1. The van der Waals surface area contributed by atoms with Gasteiger partial charge in [0, 0.05) is 12.5 Å². The van der Waals surface area contributed by atoms with Crippen molar-refractivity contribution in [1.29, 1.82) is 0 Å². The maximum Gasteiger partial charge on any atom is 0.303 e. The summed E-state index contributed by atoms with van der Waals surface area (Å²) >= 11 is 6.02. The van der Waals surface area contributed by atoms with E-state index < -0.39 is 5.97 Å². The van der Waals surface area contributed by atoms with Crippen molar-refractivity contribution in [2.45, 2.75) is 25.8 Å². The van der Waals surface area contributed by atoms with Crippen LogP contribution in [0.5, 0.6) is 5.75 Å². The molecule has 0 radical (unpaired) electrons. The van der Waals surface area contributed by atoms with E-state index in [-0.39, 0.29) is 18.4 Å². The molecule has 2 atom stereocenters. The highest BCUT2D eigenvalue weighted by molar-refractivity contribution is 6.32. The zero-order valence-corrected chi connectivity index (χ0v) is 11.3. The minimum Gasteiger partial charge on any atom is -0.495 e. The number of benzene rings is 1. The molecule has 0 aliphatic rings. The number of hydrogen-bond donors (Lipinski definition) is 2. The SMILES string of the molecule is COc1ccc(C(N)CC(C)CC(=O)O)cc1Cl. The van der Waals surface area contributed by atoms with Crippen molar-refractivity contribution in [1.82, 2.24) is 0 Å². The number of aliphatic carboxylic acids is 1. The second kappa shape index (κ2) is 6.61. The van der Waals surface area contributed by atoms with Crippen molar-refractivity contribution in [2.75, 3.05) is 7.11 Å². The fourth-order valence-corrected chi connectivity index (χ4v) is 2.13. The van der Waals surface area contributed by atoms with Gasteiger partial charge in [0.15, 0.2) is 0 Å². The lowest BCUT2D eigenvalue weighted by Gasteiger charge is -2.17. The molecular weight excluding hydrogens is 254 g/mol. The average molecular weight is 272 g/mol. The number of nitrogens with two attached hydrogens (primary N) is 1. The first-order valence-electron chi connectivity index (χ1n) is 5.74. The Bertz CT molecular complexity index is 423. The summed E-state index contributed by atoms with van der Waals surface area (Å²) in [4.78, 5) is 10.6. The first-order chi connectivity index (χ1) is 8.43. The van der Waals surface area contributed by atoms with Gasteiger partial charge >= 0.3 is 5.97 Å². The summed E-state index contributed by atoms with van der Waals surface area (Å²) in [7, 11) is 1.55. The predicted molar refractivity (Wildman–Crippen MR) is 71.0 cm³/mol. The van der Waals surface area contributed by atoms with E-state index in [0.29, 0.717) is 17.2 Å². The number of carboxylic acid groups (broad SMARTS) is 1. The van der Waals surface area contributed by atoms with Crippen LogP contribution in [-0.4, -0.2) is 18.2 Å². The van der Waals surface area contributed by atoms with Crippen LogP contribution in [0.15, 0.2) is 18.2 Å². The lowest BCUT2D eigenvalue weighted by atomic mass is 9.94. The molecule has 4 nitrogen and oxygen atoms in total. The smallest absolute Gasteiger partial charge is 0.303 e. The van der Waals surface area contributed by atoms with Gasteiger partial charge in [0.25, 0.3) is 0 Å². The van der Waals surface area contributed by atoms with Gasteiger partial charge in [-0.05, 0) is 30.0 Å². The molecule has 0 fully saturated rings. The van der Waals surface area contributed by atoms with Crippen molar-refractivity contribution in [3.63, 3.8) is 0 Å². The highest BCUT2D eigenvalue weighted by Gasteiger charge is 2.15. The van der Waals surface area contributed by atoms with E-state index in [0.717, 1.165) is 5.56 Å². The molecule has 0 aliphatic carbocycles. The third kappa shape index (κ3) is 4.20. The minimum atomic E-state index is -0.803. The van der Waals surface area contributed by atoms with Gasteiger partial charge < -0.3 is 15.6 Å². The second-order valence-corrected chi connectivity index (χ2v) is 4.85. The van der Waals surface area contributed by atoms with E-state index in [4.69, 9.17) is 27.2 Å². The summed E-state index contributed by atoms with van der Waals surface area (Å²) in [6, 6.07) is 5.16. The molecule has 5 heteroatoms. The zero-order valence-electron chi connectivity index (χ0n) is 10.5. The maximum atomic E-state index is 10.6. The topological polar surface area (TPSA) is 72.5 Å². The summed E-state index contributed by atoms with van der Waals surface area (Å²) in [6.45, 7) is 1.87. The zero-order chi connectivity index (χ0) is 13.7. The Balaban J connectivity index is 2.69. The van der Waals surface area contributed by atoms with Crippen LogP contribution >= 0.6 is 11.6 Å². The Hall–Kier alpha value is -1.26. The molecule has 1 aromatic rings. The molecule has 0 heterocycles. The van der Waals surface area contributed by atoms with Crippen LogP contribution in [0.1, 0.15) is 31.4 Å². The number of rotatable bonds is 6. The molecule has 0 aliphatic heterocycles. The van der Waals surface area contributed by atoms with E-state index in [9.17, 15) is 4.79 Å². The van der Waals surface area contributed by atoms with Crippen LogP contribution < -0.4 is 10.5 Å². The standard InChI is InChI=1S/C13H18ClNO3/c1-8(6-13(16)17)5-11(15)9-3-4-12(18-2)10(14)7-9/h3-4,7-8,11H,5-6,15H2,1-2H3,(H,16,17). The van der Waals surface area contributed by atoms with Gasteiger partial charge in [0.2, 0.25) is 0 Å². The third-order valence-electron chi connectivity index (χ3n) is 2.78. The van der Waals surface area contributed by atoms with E-state index in [1.807, 2.05) is 13.0 Å². The van der Waals surface area contributed by atoms with Gasteiger partial charge in [-0.3, -0.25) is 4.79 Å². The van der Waals surface area contributed by atoms with Crippen molar-refractivity contribution >= 4 is 17.6 Å². The van der Waals surface area contributed by atoms with Gasteiger partial charge in [-0.15, -0.1) is 0 Å². The summed E-state index contributed by atoms with van der Waals surface area (Å²) < 4.78 is 5.06. The highest BCUT2D eigenvalue weighted by Crippen LogP contribution is 2.29. The number of ether oxygens (including phenoxy) is 1. The summed E-state index contributed by atoms with van der Waals surface area (Å²) in [5.41, 5.74) is 6.93. The lowest BCUT2D eigenvalue weighted by molar-refractivity contribution is -0.138. The Morgan fingerprint density at radius 3 is 2.72 bits per heavy atom. The third-order valence-corrected chi connectivity index (χ3v) is 3.08. The van der Waals surface area contributed by atoms with E-state index in [1.54, 1.807) is 19.2 Å². The first-order valence-corrected chi connectivity index (χ1v) is 6.12. The Morgan fingerprint density at radius 1 is 1.56 bits per heavy atom. The Morgan fingerprint density at radius 2 is 2.22 bits per heavy atom. The Labute approximate surface area is 112 Å². The van der Waals surface area contributed by atoms with Crippen LogP contribution in [0.2, 0.25) is 5.02 Å².